The van der Waals surface area contributed by atoms with Crippen molar-refractivity contribution in [2.75, 3.05) is 45.3 Å². The first-order valence-corrected chi connectivity index (χ1v) is 9.49. The molecular formula is C22H25N3O3. The van der Waals surface area contributed by atoms with Gasteiger partial charge in [-0.05, 0) is 23.8 Å². The summed E-state index contributed by atoms with van der Waals surface area (Å²) in [4.78, 5) is 20.3. The molecule has 1 fully saturated rings. The lowest BCUT2D eigenvalue weighted by Gasteiger charge is -2.36. The maximum absolute atomic E-state index is 12.8. The van der Waals surface area contributed by atoms with E-state index in [4.69, 9.17) is 9.47 Å². The van der Waals surface area contributed by atoms with Crippen LogP contribution in [0.25, 0.3) is 10.9 Å². The van der Waals surface area contributed by atoms with E-state index in [1.807, 2.05) is 47.5 Å². The van der Waals surface area contributed by atoms with E-state index in [1.165, 1.54) is 0 Å². The third-order valence-corrected chi connectivity index (χ3v) is 5.38. The molecule has 0 bridgehead atoms. The Morgan fingerprint density at radius 3 is 2.57 bits per heavy atom. The molecule has 146 valence electrons. The predicted molar refractivity (Wildman–Crippen MR) is 110 cm³/mol. The molecule has 1 saturated heterocycles. The fraction of sp³-hybridized carbons (Fsp3) is 0.318. The summed E-state index contributed by atoms with van der Waals surface area (Å²) in [5, 5.41) is 1.12. The Morgan fingerprint density at radius 2 is 1.82 bits per heavy atom. The van der Waals surface area contributed by atoms with Crippen LogP contribution in [0.5, 0.6) is 11.5 Å². The second-order valence-corrected chi connectivity index (χ2v) is 6.94. The molecule has 0 radical (unpaired) electrons. The molecule has 28 heavy (non-hydrogen) atoms. The van der Waals surface area contributed by atoms with Crippen LogP contribution in [0.15, 0.2) is 48.7 Å². The molecule has 0 aliphatic carbocycles. The van der Waals surface area contributed by atoms with Gasteiger partial charge in [-0.3, -0.25) is 4.79 Å². The minimum Gasteiger partial charge on any atom is -0.497 e. The number of aromatic nitrogens is 1. The molecule has 1 aliphatic rings. The van der Waals surface area contributed by atoms with E-state index in [0.717, 1.165) is 46.7 Å². The van der Waals surface area contributed by atoms with Gasteiger partial charge < -0.3 is 24.3 Å². The van der Waals surface area contributed by atoms with Gasteiger partial charge >= 0.3 is 0 Å². The standard InChI is InChI=1S/C22H25N3O3/c1-27-17-7-8-21(28-2)20(14-17)24-9-11-25(12-10-24)22(26)13-16-15-23-19-6-4-3-5-18(16)19/h3-8,14-15,23H,9-13H2,1-2H3. The van der Waals surface area contributed by atoms with Crippen molar-refractivity contribution in [2.24, 2.45) is 0 Å². The SMILES string of the molecule is COc1ccc(OC)c(N2CCN(C(=O)Cc3c[nH]c4ccccc34)CC2)c1. The van der Waals surface area contributed by atoms with Gasteiger partial charge in [-0.2, -0.15) is 0 Å². The fourth-order valence-corrected chi connectivity index (χ4v) is 3.79. The Hall–Kier alpha value is -3.15. The molecule has 6 heteroatoms. The number of ether oxygens (including phenoxy) is 2. The summed E-state index contributed by atoms with van der Waals surface area (Å²) in [5.74, 6) is 1.79. The molecule has 6 nitrogen and oxygen atoms in total. The fourth-order valence-electron chi connectivity index (χ4n) is 3.79. The van der Waals surface area contributed by atoms with Gasteiger partial charge in [0.25, 0.3) is 0 Å². The van der Waals surface area contributed by atoms with Gasteiger partial charge in [0.05, 0.1) is 26.3 Å². The van der Waals surface area contributed by atoms with E-state index in [0.29, 0.717) is 19.5 Å². The summed E-state index contributed by atoms with van der Waals surface area (Å²) in [7, 11) is 3.33. The number of methoxy groups -OCH3 is 2. The third-order valence-electron chi connectivity index (χ3n) is 5.38. The topological polar surface area (TPSA) is 57.8 Å². The highest BCUT2D eigenvalue weighted by atomic mass is 16.5. The number of amides is 1. The second kappa shape index (κ2) is 7.84. The second-order valence-electron chi connectivity index (χ2n) is 6.94. The Morgan fingerprint density at radius 1 is 1.04 bits per heavy atom. The average Bonchev–Trinajstić information content (AvgIpc) is 3.16. The van der Waals surface area contributed by atoms with E-state index in [9.17, 15) is 4.79 Å². The molecule has 2 heterocycles. The van der Waals surface area contributed by atoms with Gasteiger partial charge in [-0.25, -0.2) is 0 Å². The number of para-hydroxylation sites is 1. The number of anilines is 1. The van der Waals surface area contributed by atoms with Crippen LogP contribution in [0, 0.1) is 0 Å². The van der Waals surface area contributed by atoms with Gasteiger partial charge in [0.15, 0.2) is 0 Å². The zero-order chi connectivity index (χ0) is 19.5. The highest BCUT2D eigenvalue weighted by molar-refractivity contribution is 5.89. The monoisotopic (exact) mass is 379 g/mol. The smallest absolute Gasteiger partial charge is 0.227 e. The first-order valence-electron chi connectivity index (χ1n) is 9.49. The molecule has 0 atom stereocenters. The molecule has 3 aromatic rings. The molecule has 1 aromatic heterocycles. The highest BCUT2D eigenvalue weighted by Crippen LogP contribution is 2.33. The molecule has 1 aliphatic heterocycles. The molecule has 1 N–H and O–H groups in total. The number of rotatable bonds is 5. The Kier molecular flexibility index (Phi) is 5.10. The van der Waals surface area contributed by atoms with Crippen molar-refractivity contribution >= 4 is 22.5 Å². The largest absolute Gasteiger partial charge is 0.497 e. The number of H-pyrrole nitrogens is 1. The summed E-state index contributed by atoms with van der Waals surface area (Å²) in [6, 6.07) is 13.9. The van der Waals surface area contributed by atoms with Crippen LogP contribution >= 0.6 is 0 Å². The number of carbonyl (C=O) groups excluding carboxylic acids is 1. The van der Waals surface area contributed by atoms with Crippen LogP contribution in [-0.2, 0) is 11.2 Å². The summed E-state index contributed by atoms with van der Waals surface area (Å²) in [6.07, 6.45) is 2.37. The van der Waals surface area contributed by atoms with Gasteiger partial charge in [-0.1, -0.05) is 18.2 Å². The molecule has 4 rings (SSSR count). The van der Waals surface area contributed by atoms with Crippen LogP contribution < -0.4 is 14.4 Å². The molecule has 0 spiro atoms. The van der Waals surface area contributed by atoms with Crippen LogP contribution in [0.1, 0.15) is 5.56 Å². The van der Waals surface area contributed by atoms with E-state index in [2.05, 4.69) is 16.0 Å². The molecular weight excluding hydrogens is 354 g/mol. The van der Waals surface area contributed by atoms with E-state index in [1.54, 1.807) is 14.2 Å². The number of hydrogen-bond acceptors (Lipinski definition) is 4. The summed E-state index contributed by atoms with van der Waals surface area (Å²) < 4.78 is 10.9. The number of piperazine rings is 1. The summed E-state index contributed by atoms with van der Waals surface area (Å²) >= 11 is 0. The lowest BCUT2D eigenvalue weighted by Crippen LogP contribution is -2.49. The Bertz CT molecular complexity index is 974. The van der Waals surface area contributed by atoms with Crippen LogP contribution in [0.2, 0.25) is 0 Å². The maximum Gasteiger partial charge on any atom is 0.227 e. The van der Waals surface area contributed by atoms with Crippen molar-refractivity contribution in [3.05, 3.63) is 54.2 Å². The normalized spacial score (nSPS) is 14.4. The highest BCUT2D eigenvalue weighted by Gasteiger charge is 2.24. The Balaban J connectivity index is 1.42. The van der Waals surface area contributed by atoms with Gasteiger partial charge in [-0.15, -0.1) is 0 Å². The first-order chi connectivity index (χ1) is 13.7. The zero-order valence-electron chi connectivity index (χ0n) is 16.3. The van der Waals surface area contributed by atoms with E-state index < -0.39 is 0 Å². The first kappa shape index (κ1) is 18.2. The van der Waals surface area contributed by atoms with Crippen LogP contribution in [-0.4, -0.2) is 56.2 Å². The minimum atomic E-state index is 0.169. The van der Waals surface area contributed by atoms with Crippen molar-refractivity contribution in [3.63, 3.8) is 0 Å². The lowest BCUT2D eigenvalue weighted by atomic mass is 10.1. The molecule has 0 saturated carbocycles. The van der Waals surface area contributed by atoms with Crippen molar-refractivity contribution in [3.8, 4) is 11.5 Å². The lowest BCUT2D eigenvalue weighted by molar-refractivity contribution is -0.130. The number of fused-ring (bicyclic) bond motifs is 1. The van der Waals surface area contributed by atoms with Crippen molar-refractivity contribution in [2.45, 2.75) is 6.42 Å². The number of nitrogens with zero attached hydrogens (tertiary/aromatic N) is 2. The minimum absolute atomic E-state index is 0.169. The number of nitrogens with one attached hydrogen (secondary N) is 1. The van der Waals surface area contributed by atoms with E-state index in [-0.39, 0.29) is 5.91 Å². The molecule has 0 unspecified atom stereocenters. The predicted octanol–water partition coefficient (Wildman–Crippen LogP) is 3.08. The van der Waals surface area contributed by atoms with E-state index >= 15 is 0 Å². The van der Waals surface area contributed by atoms with Crippen molar-refractivity contribution < 1.29 is 14.3 Å². The van der Waals surface area contributed by atoms with Crippen molar-refractivity contribution in [1.29, 1.82) is 0 Å². The van der Waals surface area contributed by atoms with Crippen LogP contribution in [0.4, 0.5) is 5.69 Å². The van der Waals surface area contributed by atoms with Gasteiger partial charge in [0.2, 0.25) is 5.91 Å². The number of benzene rings is 2. The van der Waals surface area contributed by atoms with Gasteiger partial charge in [0, 0.05) is 49.3 Å². The average molecular weight is 379 g/mol. The van der Waals surface area contributed by atoms with Crippen molar-refractivity contribution in [1.82, 2.24) is 9.88 Å². The molecule has 2 aromatic carbocycles. The quantitative estimate of drug-likeness (QED) is 0.740. The van der Waals surface area contributed by atoms with Crippen LogP contribution in [0.3, 0.4) is 0 Å². The van der Waals surface area contributed by atoms with Gasteiger partial charge in [0.1, 0.15) is 11.5 Å². The number of carbonyl (C=O) groups is 1. The Labute approximate surface area is 164 Å². The summed E-state index contributed by atoms with van der Waals surface area (Å²) in [6.45, 7) is 2.93. The summed E-state index contributed by atoms with van der Waals surface area (Å²) in [5.41, 5.74) is 3.13. The third kappa shape index (κ3) is 3.50. The molecule has 1 amide bonds. The zero-order valence-corrected chi connectivity index (χ0v) is 16.3. The number of aromatic amines is 1. The number of hydrogen-bond donors (Lipinski definition) is 1. The maximum atomic E-state index is 12.8.